The first-order valence-electron chi connectivity index (χ1n) is 7.95. The molecular formula is C17H22ClN3O4S. The summed E-state index contributed by atoms with van der Waals surface area (Å²) in [6.07, 6.45) is 1.60. The number of anilines is 2. The number of hydrogen-bond acceptors (Lipinski definition) is 5. The van der Waals surface area contributed by atoms with Crippen molar-refractivity contribution in [2.24, 2.45) is 0 Å². The highest BCUT2D eigenvalue weighted by molar-refractivity contribution is 7.89. The van der Waals surface area contributed by atoms with Gasteiger partial charge in [0.25, 0.3) is 5.91 Å². The Morgan fingerprint density at radius 1 is 1.31 bits per heavy atom. The Balaban J connectivity index is 0.00000243. The molecule has 0 fully saturated rings. The lowest BCUT2D eigenvalue weighted by molar-refractivity contribution is 0.0957. The van der Waals surface area contributed by atoms with Gasteiger partial charge in [0.05, 0.1) is 0 Å². The Hall–Kier alpha value is -2.03. The Bertz CT molecular complexity index is 937. The molecule has 0 bridgehead atoms. The summed E-state index contributed by atoms with van der Waals surface area (Å²) in [6.45, 7) is 2.07. The minimum Gasteiger partial charge on any atom is -0.455 e. The second-order valence-corrected chi connectivity index (χ2v) is 8.34. The molecule has 1 aromatic heterocycles. The highest BCUT2D eigenvalue weighted by atomic mass is 35.5. The molecule has 26 heavy (non-hydrogen) atoms. The van der Waals surface area contributed by atoms with Crippen LogP contribution in [0.2, 0.25) is 0 Å². The van der Waals surface area contributed by atoms with E-state index in [1.54, 1.807) is 11.0 Å². The maximum absolute atomic E-state index is 12.9. The fourth-order valence-corrected chi connectivity index (χ4v) is 4.07. The van der Waals surface area contributed by atoms with Crippen LogP contribution in [-0.2, 0) is 16.4 Å². The van der Waals surface area contributed by atoms with Gasteiger partial charge in [0.2, 0.25) is 10.0 Å². The first kappa shape index (κ1) is 20.3. The van der Waals surface area contributed by atoms with Gasteiger partial charge in [-0.2, -0.15) is 0 Å². The second kappa shape index (κ2) is 7.30. The molecule has 0 unspecified atom stereocenters. The van der Waals surface area contributed by atoms with Crippen LogP contribution in [0.4, 0.5) is 11.4 Å². The number of sulfonamides is 1. The monoisotopic (exact) mass is 399 g/mol. The Kier molecular flexibility index (Phi) is 5.70. The summed E-state index contributed by atoms with van der Waals surface area (Å²) < 4.78 is 31.2. The predicted molar refractivity (Wildman–Crippen MR) is 102 cm³/mol. The maximum atomic E-state index is 12.9. The highest BCUT2D eigenvalue weighted by Gasteiger charge is 2.30. The van der Waals surface area contributed by atoms with Crippen molar-refractivity contribution in [3.05, 3.63) is 41.3 Å². The standard InChI is InChI=1S/C17H21N3O4S.ClH/c1-11-16(25(22,23)19(2)3)10-15(24-11)17(21)20-9-5-6-12-13(18)7-4-8-14(12)20;/h4,7-8,10H,5-6,9,18H2,1-3H3;1H. The topological polar surface area (TPSA) is 96.8 Å². The van der Waals surface area contributed by atoms with Crippen LogP contribution in [0.25, 0.3) is 0 Å². The number of carbonyl (C=O) groups excluding carboxylic acids is 1. The van der Waals surface area contributed by atoms with E-state index in [-0.39, 0.29) is 34.7 Å². The van der Waals surface area contributed by atoms with Gasteiger partial charge in [0.1, 0.15) is 10.7 Å². The fraction of sp³-hybridized carbons (Fsp3) is 0.353. The van der Waals surface area contributed by atoms with Gasteiger partial charge in [0, 0.05) is 38.1 Å². The molecule has 1 aliphatic rings. The van der Waals surface area contributed by atoms with Crippen molar-refractivity contribution < 1.29 is 17.6 Å². The van der Waals surface area contributed by atoms with Crippen molar-refractivity contribution in [1.29, 1.82) is 0 Å². The van der Waals surface area contributed by atoms with Crippen molar-refractivity contribution >= 4 is 39.7 Å². The molecule has 142 valence electrons. The number of rotatable bonds is 3. The average molecular weight is 400 g/mol. The summed E-state index contributed by atoms with van der Waals surface area (Å²) in [6, 6.07) is 6.75. The summed E-state index contributed by atoms with van der Waals surface area (Å²) >= 11 is 0. The van der Waals surface area contributed by atoms with Crippen molar-refractivity contribution in [3.8, 4) is 0 Å². The minimum absolute atomic E-state index is 0. The SMILES string of the molecule is Cc1oc(C(=O)N2CCCc3c(N)cccc32)cc1S(=O)(=O)N(C)C.Cl. The van der Waals surface area contributed by atoms with E-state index in [9.17, 15) is 13.2 Å². The molecule has 0 atom stereocenters. The minimum atomic E-state index is -3.67. The van der Waals surface area contributed by atoms with Gasteiger partial charge in [0.15, 0.2) is 5.76 Å². The number of benzene rings is 1. The molecule has 1 aliphatic heterocycles. The van der Waals surface area contributed by atoms with E-state index in [0.29, 0.717) is 12.2 Å². The number of amides is 1. The molecule has 2 aromatic rings. The van der Waals surface area contributed by atoms with Gasteiger partial charge in [-0.05, 0) is 37.5 Å². The Morgan fingerprint density at radius 3 is 2.65 bits per heavy atom. The van der Waals surface area contributed by atoms with E-state index in [1.165, 1.54) is 27.1 Å². The van der Waals surface area contributed by atoms with Gasteiger partial charge < -0.3 is 15.1 Å². The molecule has 9 heteroatoms. The van der Waals surface area contributed by atoms with E-state index < -0.39 is 10.0 Å². The smallest absolute Gasteiger partial charge is 0.294 e. The third-order valence-corrected chi connectivity index (χ3v) is 6.30. The van der Waals surface area contributed by atoms with Crippen molar-refractivity contribution in [1.82, 2.24) is 4.31 Å². The molecule has 1 amide bonds. The number of nitrogens with zero attached hydrogens (tertiary/aromatic N) is 2. The third kappa shape index (κ3) is 3.32. The molecular weight excluding hydrogens is 378 g/mol. The van der Waals surface area contributed by atoms with E-state index in [4.69, 9.17) is 10.2 Å². The molecule has 0 aliphatic carbocycles. The van der Waals surface area contributed by atoms with Gasteiger partial charge in [-0.3, -0.25) is 4.79 Å². The lowest BCUT2D eigenvalue weighted by Crippen LogP contribution is -2.35. The molecule has 0 saturated heterocycles. The second-order valence-electron chi connectivity index (χ2n) is 6.22. The Morgan fingerprint density at radius 2 is 2.00 bits per heavy atom. The largest absolute Gasteiger partial charge is 0.455 e. The van der Waals surface area contributed by atoms with Crippen LogP contribution < -0.4 is 10.6 Å². The van der Waals surface area contributed by atoms with Crippen LogP contribution in [0.3, 0.4) is 0 Å². The van der Waals surface area contributed by atoms with Crippen LogP contribution in [0, 0.1) is 6.92 Å². The number of nitrogens with two attached hydrogens (primary N) is 1. The molecule has 0 spiro atoms. The molecule has 2 heterocycles. The number of carbonyl (C=O) groups is 1. The van der Waals surface area contributed by atoms with E-state index in [1.807, 2.05) is 12.1 Å². The number of aryl methyl sites for hydroxylation is 1. The van der Waals surface area contributed by atoms with Crippen LogP contribution >= 0.6 is 12.4 Å². The zero-order chi connectivity index (χ0) is 18.4. The third-order valence-electron chi connectivity index (χ3n) is 4.37. The molecule has 0 saturated carbocycles. The normalized spacial score (nSPS) is 14.1. The van der Waals surface area contributed by atoms with E-state index in [2.05, 4.69) is 0 Å². The molecule has 3 rings (SSSR count). The molecule has 0 radical (unpaired) electrons. The van der Waals surface area contributed by atoms with Crippen molar-refractivity contribution in [3.63, 3.8) is 0 Å². The number of fused-ring (bicyclic) bond motifs is 1. The highest BCUT2D eigenvalue weighted by Crippen LogP contribution is 2.33. The maximum Gasteiger partial charge on any atom is 0.294 e. The van der Waals surface area contributed by atoms with Crippen LogP contribution in [0.1, 0.15) is 28.3 Å². The lowest BCUT2D eigenvalue weighted by Gasteiger charge is -2.29. The first-order chi connectivity index (χ1) is 11.7. The summed E-state index contributed by atoms with van der Waals surface area (Å²) in [5.74, 6) is -0.162. The van der Waals surface area contributed by atoms with Gasteiger partial charge in [-0.15, -0.1) is 12.4 Å². The quantitative estimate of drug-likeness (QED) is 0.799. The molecule has 2 N–H and O–H groups in total. The molecule has 1 aromatic carbocycles. The number of furan rings is 1. The van der Waals surface area contributed by atoms with Crippen molar-refractivity contribution in [2.75, 3.05) is 31.3 Å². The molecule has 7 nitrogen and oxygen atoms in total. The van der Waals surface area contributed by atoms with E-state index >= 15 is 0 Å². The number of halogens is 1. The lowest BCUT2D eigenvalue weighted by atomic mass is 9.99. The van der Waals surface area contributed by atoms with Gasteiger partial charge in [-0.25, -0.2) is 12.7 Å². The van der Waals surface area contributed by atoms with Crippen LogP contribution in [0.15, 0.2) is 33.6 Å². The fourth-order valence-electron chi connectivity index (χ4n) is 3.02. The van der Waals surface area contributed by atoms with Crippen molar-refractivity contribution in [2.45, 2.75) is 24.7 Å². The summed E-state index contributed by atoms with van der Waals surface area (Å²) in [5.41, 5.74) is 8.36. The predicted octanol–water partition coefficient (Wildman–Crippen LogP) is 2.44. The Labute approximate surface area is 159 Å². The summed E-state index contributed by atoms with van der Waals surface area (Å²) in [7, 11) is -0.795. The summed E-state index contributed by atoms with van der Waals surface area (Å²) in [4.78, 5) is 14.5. The summed E-state index contributed by atoms with van der Waals surface area (Å²) in [5, 5.41) is 0. The van der Waals surface area contributed by atoms with Crippen LogP contribution in [-0.4, -0.2) is 39.3 Å². The van der Waals surface area contributed by atoms with E-state index in [0.717, 1.165) is 28.4 Å². The van der Waals surface area contributed by atoms with Gasteiger partial charge >= 0.3 is 0 Å². The first-order valence-corrected chi connectivity index (χ1v) is 9.39. The average Bonchev–Trinajstić information content (AvgIpc) is 2.96. The van der Waals surface area contributed by atoms with Crippen LogP contribution in [0.5, 0.6) is 0 Å². The number of hydrogen-bond donors (Lipinski definition) is 1. The number of nitrogen functional groups attached to an aromatic ring is 1. The van der Waals surface area contributed by atoms with Gasteiger partial charge in [-0.1, -0.05) is 6.07 Å². The zero-order valence-electron chi connectivity index (χ0n) is 14.9. The zero-order valence-corrected chi connectivity index (χ0v) is 16.5.